The second kappa shape index (κ2) is 6.71. The molecule has 8 nitrogen and oxygen atoms in total. The van der Waals surface area contributed by atoms with Gasteiger partial charge in [-0.2, -0.15) is 0 Å². The van der Waals surface area contributed by atoms with Crippen molar-refractivity contribution in [3.8, 4) is 0 Å². The van der Waals surface area contributed by atoms with Crippen molar-refractivity contribution in [2.75, 3.05) is 31.1 Å². The van der Waals surface area contributed by atoms with Gasteiger partial charge in [0.05, 0.1) is 12.4 Å². The molecule has 1 aliphatic carbocycles. The van der Waals surface area contributed by atoms with E-state index in [2.05, 4.69) is 28.7 Å². The van der Waals surface area contributed by atoms with Gasteiger partial charge in [0.15, 0.2) is 5.65 Å². The molecule has 2 aliphatic heterocycles. The number of amides is 3. The number of imidazole rings is 1. The second-order valence-electron chi connectivity index (χ2n) is 9.09. The summed E-state index contributed by atoms with van der Waals surface area (Å²) >= 11 is 0. The molecule has 2 saturated heterocycles. The van der Waals surface area contributed by atoms with E-state index in [-0.39, 0.29) is 11.9 Å². The first kappa shape index (κ1) is 18.4. The SMILES string of the molecule is CC(C)CN1C(=O)N(CC2CC2)C(=O)C12CCN(c1cncc3nccn13)CC2. The number of hydrogen-bond donors (Lipinski definition) is 0. The maximum atomic E-state index is 13.5. The Morgan fingerprint density at radius 2 is 1.93 bits per heavy atom. The van der Waals surface area contributed by atoms with Gasteiger partial charge in [-0.15, -0.1) is 0 Å². The predicted molar refractivity (Wildman–Crippen MR) is 109 cm³/mol. The van der Waals surface area contributed by atoms with Crippen LogP contribution in [-0.4, -0.2) is 67.8 Å². The minimum absolute atomic E-state index is 0.0219. The van der Waals surface area contributed by atoms with Crippen molar-refractivity contribution in [3.63, 3.8) is 0 Å². The monoisotopic (exact) mass is 396 g/mol. The zero-order valence-electron chi connectivity index (χ0n) is 17.1. The topological polar surface area (TPSA) is 74.1 Å². The predicted octanol–water partition coefficient (Wildman–Crippen LogP) is 2.40. The zero-order chi connectivity index (χ0) is 20.2. The minimum atomic E-state index is -0.691. The maximum Gasteiger partial charge on any atom is 0.327 e. The first-order valence-electron chi connectivity index (χ1n) is 10.7. The standard InChI is InChI=1S/C21H28N6O2/c1-15(2)13-27-20(29)26(14-16-3-4-16)19(28)21(27)5-8-24(9-6-21)18-12-22-11-17-23-7-10-25(17)18/h7,10-12,15-16H,3-6,8-9,13-14H2,1-2H3. The average molecular weight is 396 g/mol. The number of carbonyl (C=O) groups is 2. The highest BCUT2D eigenvalue weighted by atomic mass is 16.2. The lowest BCUT2D eigenvalue weighted by molar-refractivity contribution is -0.134. The molecule has 0 atom stereocenters. The molecule has 0 unspecified atom stereocenters. The number of fused-ring (bicyclic) bond motifs is 1. The molecule has 5 rings (SSSR count). The molecule has 29 heavy (non-hydrogen) atoms. The molecule has 0 N–H and O–H groups in total. The van der Waals surface area contributed by atoms with E-state index in [1.807, 2.05) is 21.7 Å². The van der Waals surface area contributed by atoms with Gasteiger partial charge in [-0.05, 0) is 37.5 Å². The number of piperidine rings is 1. The van der Waals surface area contributed by atoms with Gasteiger partial charge in [-0.1, -0.05) is 13.8 Å². The third-order valence-electron chi connectivity index (χ3n) is 6.52. The van der Waals surface area contributed by atoms with E-state index in [0.29, 0.717) is 50.9 Å². The van der Waals surface area contributed by atoms with Gasteiger partial charge in [0, 0.05) is 38.6 Å². The Balaban J connectivity index is 1.41. The molecule has 0 radical (unpaired) electrons. The Hall–Kier alpha value is -2.64. The van der Waals surface area contributed by atoms with E-state index in [1.54, 1.807) is 17.3 Å². The summed E-state index contributed by atoms with van der Waals surface area (Å²) < 4.78 is 2.03. The van der Waals surface area contributed by atoms with Gasteiger partial charge in [-0.3, -0.25) is 19.1 Å². The molecule has 4 heterocycles. The molecular formula is C21H28N6O2. The number of imide groups is 1. The second-order valence-corrected chi connectivity index (χ2v) is 9.09. The molecule has 3 aliphatic rings. The summed E-state index contributed by atoms with van der Waals surface area (Å²) in [6, 6.07) is -0.0811. The van der Waals surface area contributed by atoms with Gasteiger partial charge < -0.3 is 9.80 Å². The van der Waals surface area contributed by atoms with Crippen molar-refractivity contribution in [1.29, 1.82) is 0 Å². The number of urea groups is 1. The summed E-state index contributed by atoms with van der Waals surface area (Å²) in [4.78, 5) is 41.0. The fraction of sp³-hybridized carbons (Fsp3) is 0.619. The van der Waals surface area contributed by atoms with Crippen LogP contribution in [0.4, 0.5) is 10.6 Å². The van der Waals surface area contributed by atoms with Crippen LogP contribution in [0.25, 0.3) is 5.65 Å². The summed E-state index contributed by atoms with van der Waals surface area (Å²) in [5.41, 5.74) is 0.121. The summed E-state index contributed by atoms with van der Waals surface area (Å²) in [5.74, 6) is 1.83. The van der Waals surface area contributed by atoms with Crippen molar-refractivity contribution in [2.24, 2.45) is 11.8 Å². The van der Waals surface area contributed by atoms with Crippen LogP contribution in [0.3, 0.4) is 0 Å². The molecule has 3 fully saturated rings. The van der Waals surface area contributed by atoms with Gasteiger partial charge in [0.1, 0.15) is 11.4 Å². The summed E-state index contributed by atoms with van der Waals surface area (Å²) in [7, 11) is 0. The van der Waals surface area contributed by atoms with E-state index >= 15 is 0 Å². The quantitative estimate of drug-likeness (QED) is 0.726. The maximum absolute atomic E-state index is 13.5. The van der Waals surface area contributed by atoms with Gasteiger partial charge >= 0.3 is 6.03 Å². The number of carbonyl (C=O) groups excluding carboxylic acids is 2. The lowest BCUT2D eigenvalue weighted by Crippen LogP contribution is -2.57. The van der Waals surface area contributed by atoms with Crippen LogP contribution in [0.15, 0.2) is 24.8 Å². The van der Waals surface area contributed by atoms with Crippen molar-refractivity contribution in [1.82, 2.24) is 24.2 Å². The van der Waals surface area contributed by atoms with E-state index in [0.717, 1.165) is 24.3 Å². The Kier molecular flexibility index (Phi) is 4.26. The number of hydrogen-bond acceptors (Lipinski definition) is 5. The third-order valence-corrected chi connectivity index (χ3v) is 6.52. The lowest BCUT2D eigenvalue weighted by Gasteiger charge is -2.43. The molecular weight excluding hydrogens is 368 g/mol. The Labute approximate surface area is 170 Å². The summed E-state index contributed by atoms with van der Waals surface area (Å²) in [6.07, 6.45) is 10.9. The molecule has 0 aromatic carbocycles. The number of aromatic nitrogens is 3. The molecule has 2 aromatic rings. The Bertz CT molecular complexity index is 942. The van der Waals surface area contributed by atoms with Crippen LogP contribution in [-0.2, 0) is 4.79 Å². The molecule has 154 valence electrons. The smallest absolute Gasteiger partial charge is 0.327 e. The van der Waals surface area contributed by atoms with Crippen LogP contribution in [0.5, 0.6) is 0 Å². The number of nitrogens with zero attached hydrogens (tertiary/aromatic N) is 6. The van der Waals surface area contributed by atoms with Crippen LogP contribution >= 0.6 is 0 Å². The minimum Gasteiger partial charge on any atom is -0.356 e. The highest BCUT2D eigenvalue weighted by molar-refractivity contribution is 6.07. The van der Waals surface area contributed by atoms with Crippen molar-refractivity contribution >= 4 is 23.4 Å². The van der Waals surface area contributed by atoms with E-state index < -0.39 is 5.54 Å². The average Bonchev–Trinajstić information content (AvgIpc) is 3.38. The van der Waals surface area contributed by atoms with Crippen LogP contribution in [0, 0.1) is 11.8 Å². The molecule has 0 bridgehead atoms. The van der Waals surface area contributed by atoms with Crippen LogP contribution < -0.4 is 4.90 Å². The van der Waals surface area contributed by atoms with Crippen molar-refractivity contribution in [3.05, 3.63) is 24.8 Å². The normalized spacial score (nSPS) is 22.0. The summed E-state index contributed by atoms with van der Waals surface area (Å²) in [5, 5.41) is 0. The number of rotatable bonds is 5. The summed E-state index contributed by atoms with van der Waals surface area (Å²) in [6.45, 7) is 6.86. The van der Waals surface area contributed by atoms with Crippen molar-refractivity contribution < 1.29 is 9.59 Å². The molecule has 3 amide bonds. The van der Waals surface area contributed by atoms with Gasteiger partial charge in [0.2, 0.25) is 0 Å². The molecule has 2 aromatic heterocycles. The fourth-order valence-electron chi connectivity index (χ4n) is 4.78. The first-order chi connectivity index (χ1) is 14.0. The van der Waals surface area contributed by atoms with E-state index in [9.17, 15) is 9.59 Å². The van der Waals surface area contributed by atoms with Crippen LogP contribution in [0.1, 0.15) is 39.5 Å². The van der Waals surface area contributed by atoms with Gasteiger partial charge in [0.25, 0.3) is 5.91 Å². The molecule has 8 heteroatoms. The highest BCUT2D eigenvalue weighted by Gasteiger charge is 2.58. The van der Waals surface area contributed by atoms with E-state index in [4.69, 9.17) is 0 Å². The molecule has 1 spiro atoms. The largest absolute Gasteiger partial charge is 0.356 e. The van der Waals surface area contributed by atoms with Gasteiger partial charge in [-0.25, -0.2) is 9.78 Å². The lowest BCUT2D eigenvalue weighted by atomic mass is 9.85. The van der Waals surface area contributed by atoms with E-state index in [1.165, 1.54) is 0 Å². The molecule has 1 saturated carbocycles. The Morgan fingerprint density at radius 1 is 1.17 bits per heavy atom. The highest BCUT2D eigenvalue weighted by Crippen LogP contribution is 2.41. The Morgan fingerprint density at radius 3 is 2.62 bits per heavy atom. The van der Waals surface area contributed by atoms with Crippen molar-refractivity contribution in [2.45, 2.75) is 45.1 Å². The fourth-order valence-corrected chi connectivity index (χ4v) is 4.78. The first-order valence-corrected chi connectivity index (χ1v) is 10.7. The third kappa shape index (κ3) is 2.96. The number of anilines is 1. The zero-order valence-corrected chi connectivity index (χ0v) is 17.1. The van der Waals surface area contributed by atoms with Crippen LogP contribution in [0.2, 0.25) is 0 Å².